The smallest absolute Gasteiger partial charge is 0.144 e. The first-order chi connectivity index (χ1) is 13.0. The van der Waals surface area contributed by atoms with Gasteiger partial charge in [0.2, 0.25) is 0 Å². The van der Waals surface area contributed by atoms with Crippen LogP contribution in [0.2, 0.25) is 0 Å². The van der Waals surface area contributed by atoms with Gasteiger partial charge in [0.15, 0.2) is 0 Å². The number of anilines is 3. The van der Waals surface area contributed by atoms with E-state index in [4.69, 9.17) is 4.74 Å². The first kappa shape index (κ1) is 16.3. The van der Waals surface area contributed by atoms with E-state index in [2.05, 4.69) is 111 Å². The molecule has 2 heteroatoms. The molecule has 0 radical (unpaired) electrons. The van der Waals surface area contributed by atoms with Crippen molar-refractivity contribution < 1.29 is 4.74 Å². The van der Waals surface area contributed by atoms with Crippen LogP contribution in [-0.2, 0) is 10.3 Å². The fourth-order valence-electron chi connectivity index (χ4n) is 4.73. The van der Waals surface area contributed by atoms with Crippen LogP contribution in [0.1, 0.15) is 31.9 Å². The molecule has 3 aromatic rings. The van der Waals surface area contributed by atoms with Crippen LogP contribution in [0.15, 0.2) is 90.5 Å². The van der Waals surface area contributed by atoms with Crippen molar-refractivity contribution in [1.29, 1.82) is 0 Å². The second-order valence-corrected chi connectivity index (χ2v) is 7.92. The Kier molecular flexibility index (Phi) is 3.38. The van der Waals surface area contributed by atoms with Crippen molar-refractivity contribution in [3.8, 4) is 0 Å². The number of nitrogens with zero attached hydrogens (tertiary/aromatic N) is 1. The summed E-state index contributed by atoms with van der Waals surface area (Å²) in [6.07, 6.45) is 2.26. The number of hydrogen-bond acceptors (Lipinski definition) is 2. The highest BCUT2D eigenvalue weighted by atomic mass is 16.5. The minimum absolute atomic E-state index is 0.306. The number of rotatable bonds is 1. The highest BCUT2D eigenvalue weighted by Crippen LogP contribution is 2.58. The number of hydrogen-bond donors (Lipinski definition) is 0. The summed E-state index contributed by atoms with van der Waals surface area (Å²) < 4.78 is 6.81. The van der Waals surface area contributed by atoms with Crippen LogP contribution in [0.3, 0.4) is 0 Å². The van der Waals surface area contributed by atoms with Crippen molar-refractivity contribution in [1.82, 2.24) is 0 Å². The monoisotopic (exact) mass is 353 g/mol. The molecular weight excluding hydrogens is 330 g/mol. The first-order valence-corrected chi connectivity index (χ1v) is 9.47. The van der Waals surface area contributed by atoms with Gasteiger partial charge in [-0.3, -0.25) is 0 Å². The molecule has 0 N–H and O–H groups in total. The van der Waals surface area contributed by atoms with Crippen molar-refractivity contribution >= 4 is 17.1 Å². The molecule has 2 heterocycles. The summed E-state index contributed by atoms with van der Waals surface area (Å²) in [5.74, 6) is 0. The molecule has 2 aliphatic rings. The molecule has 2 aliphatic heterocycles. The molecule has 2 nitrogen and oxygen atoms in total. The molecule has 0 amide bonds. The molecule has 0 atom stereocenters. The Morgan fingerprint density at radius 3 is 1.74 bits per heavy atom. The fraction of sp³-hybridized carbons (Fsp3) is 0.200. The van der Waals surface area contributed by atoms with Gasteiger partial charge in [-0.25, -0.2) is 0 Å². The molecule has 0 fully saturated rings. The molecule has 0 saturated carbocycles. The largest absolute Gasteiger partial charge is 0.351 e. The first-order valence-electron chi connectivity index (χ1n) is 9.47. The molecule has 5 rings (SSSR count). The molecule has 0 unspecified atom stereocenters. The Bertz CT molecular complexity index is 1000. The maximum Gasteiger partial charge on any atom is 0.144 e. The van der Waals surface area contributed by atoms with Crippen LogP contribution in [-0.4, -0.2) is 5.60 Å². The topological polar surface area (TPSA) is 12.5 Å². The third kappa shape index (κ3) is 2.23. The van der Waals surface area contributed by atoms with Crippen molar-refractivity contribution in [2.75, 3.05) is 4.90 Å². The lowest BCUT2D eigenvalue weighted by Crippen LogP contribution is -2.39. The van der Waals surface area contributed by atoms with Gasteiger partial charge in [-0.15, -0.1) is 0 Å². The molecule has 0 saturated heterocycles. The summed E-state index contributed by atoms with van der Waals surface area (Å²) in [4.78, 5) is 2.35. The highest BCUT2D eigenvalue weighted by molar-refractivity contribution is 5.86. The molecule has 3 aromatic carbocycles. The van der Waals surface area contributed by atoms with Gasteiger partial charge in [0, 0.05) is 16.8 Å². The van der Waals surface area contributed by atoms with Crippen molar-refractivity contribution in [3.63, 3.8) is 0 Å². The summed E-state index contributed by atoms with van der Waals surface area (Å²) in [7, 11) is 0. The average Bonchev–Trinajstić information content (AvgIpc) is 2.92. The Labute approximate surface area is 160 Å². The lowest BCUT2D eigenvalue weighted by Gasteiger charge is -2.45. The van der Waals surface area contributed by atoms with Gasteiger partial charge in [-0.2, -0.15) is 0 Å². The zero-order chi connectivity index (χ0) is 18.6. The summed E-state index contributed by atoms with van der Waals surface area (Å²) in [5.41, 5.74) is 6.31. The molecule has 134 valence electrons. The van der Waals surface area contributed by atoms with E-state index in [1.54, 1.807) is 0 Å². The van der Waals surface area contributed by atoms with E-state index >= 15 is 0 Å². The van der Waals surface area contributed by atoms with Gasteiger partial charge in [-0.05, 0) is 50.6 Å². The molecule has 0 aliphatic carbocycles. The van der Waals surface area contributed by atoms with E-state index in [9.17, 15) is 0 Å². The van der Waals surface area contributed by atoms with Gasteiger partial charge in [-0.1, -0.05) is 60.7 Å². The van der Waals surface area contributed by atoms with Crippen molar-refractivity contribution in [3.05, 3.63) is 102 Å². The van der Waals surface area contributed by atoms with Crippen molar-refractivity contribution in [2.45, 2.75) is 32.0 Å². The standard InChI is InChI=1S/C25H23NO/c1-18-17-24(2,3)27-25(18)20-13-7-9-15-22(20)26(19-11-5-4-6-12-19)23-16-10-8-14-21(23)25/h4-17H,1-3H3. The second kappa shape index (κ2) is 5.58. The quantitative estimate of drug-likeness (QED) is 0.465. The van der Waals surface area contributed by atoms with E-state index in [1.165, 1.54) is 28.1 Å². The van der Waals surface area contributed by atoms with E-state index in [0.717, 1.165) is 5.69 Å². The molecule has 0 bridgehead atoms. The SMILES string of the molecule is CC1=CC(C)(C)OC12c1ccccc1N(c1ccccc1)c1ccccc12. The zero-order valence-corrected chi connectivity index (χ0v) is 15.9. The van der Waals surface area contributed by atoms with Gasteiger partial charge >= 0.3 is 0 Å². The van der Waals surface area contributed by atoms with Crippen LogP contribution in [0.5, 0.6) is 0 Å². The van der Waals surface area contributed by atoms with Crippen LogP contribution < -0.4 is 4.90 Å². The third-order valence-electron chi connectivity index (χ3n) is 5.60. The van der Waals surface area contributed by atoms with E-state index < -0.39 is 5.60 Å². The van der Waals surface area contributed by atoms with E-state index in [0.29, 0.717) is 0 Å². The molecular formula is C25H23NO. The Balaban J connectivity index is 1.86. The molecule has 27 heavy (non-hydrogen) atoms. The van der Waals surface area contributed by atoms with Crippen LogP contribution in [0.4, 0.5) is 17.1 Å². The summed E-state index contributed by atoms with van der Waals surface area (Å²) in [6, 6.07) is 27.8. The van der Waals surface area contributed by atoms with Gasteiger partial charge in [0.25, 0.3) is 0 Å². The van der Waals surface area contributed by atoms with Crippen LogP contribution in [0.25, 0.3) is 0 Å². The van der Waals surface area contributed by atoms with E-state index in [1.807, 2.05) is 0 Å². The predicted molar refractivity (Wildman–Crippen MR) is 111 cm³/mol. The summed E-state index contributed by atoms with van der Waals surface area (Å²) in [5, 5.41) is 0. The van der Waals surface area contributed by atoms with Crippen LogP contribution >= 0.6 is 0 Å². The number of ether oxygens (including phenoxy) is 1. The third-order valence-corrected chi connectivity index (χ3v) is 5.60. The lowest BCUT2D eigenvalue weighted by molar-refractivity contribution is -0.0543. The summed E-state index contributed by atoms with van der Waals surface area (Å²) in [6.45, 7) is 6.47. The normalized spacial score (nSPS) is 18.8. The predicted octanol–water partition coefficient (Wildman–Crippen LogP) is 6.47. The Hall–Kier alpha value is -2.84. The van der Waals surface area contributed by atoms with Gasteiger partial charge < -0.3 is 9.64 Å². The van der Waals surface area contributed by atoms with E-state index in [-0.39, 0.29) is 5.60 Å². The van der Waals surface area contributed by atoms with Gasteiger partial charge in [0.1, 0.15) is 5.60 Å². The Morgan fingerprint density at radius 1 is 0.704 bits per heavy atom. The Morgan fingerprint density at radius 2 is 1.22 bits per heavy atom. The minimum Gasteiger partial charge on any atom is -0.351 e. The highest BCUT2D eigenvalue weighted by Gasteiger charge is 2.52. The number of para-hydroxylation sites is 3. The second-order valence-electron chi connectivity index (χ2n) is 7.92. The van der Waals surface area contributed by atoms with Crippen molar-refractivity contribution in [2.24, 2.45) is 0 Å². The minimum atomic E-state index is -0.540. The average molecular weight is 353 g/mol. The molecule has 0 aromatic heterocycles. The maximum atomic E-state index is 6.81. The maximum absolute atomic E-state index is 6.81. The summed E-state index contributed by atoms with van der Waals surface area (Å²) >= 11 is 0. The number of fused-ring (bicyclic) bond motifs is 4. The molecule has 1 spiro atoms. The number of benzene rings is 3. The zero-order valence-electron chi connectivity index (χ0n) is 15.9. The van der Waals surface area contributed by atoms with Crippen LogP contribution in [0, 0.1) is 0 Å². The lowest BCUT2D eigenvalue weighted by atomic mass is 9.76. The van der Waals surface area contributed by atoms with Gasteiger partial charge in [0.05, 0.1) is 17.0 Å². The fourth-order valence-corrected chi connectivity index (χ4v) is 4.73.